The molecule has 3 aromatic heterocycles. The maximum Gasteiger partial charge on any atom is 0.319 e. The van der Waals surface area contributed by atoms with E-state index in [0.717, 1.165) is 38.0 Å². The molecule has 2 aromatic carbocycles. The fraction of sp³-hybridized carbons (Fsp3) is 0.405. The number of nitrogen functional groups attached to an aromatic ring is 1. The van der Waals surface area contributed by atoms with Gasteiger partial charge < -0.3 is 30.0 Å². The van der Waals surface area contributed by atoms with E-state index in [2.05, 4.69) is 14.9 Å². The van der Waals surface area contributed by atoms with E-state index >= 15 is 8.78 Å². The Morgan fingerprint density at radius 3 is 2.62 bits per heavy atom. The molecule has 1 saturated heterocycles. The van der Waals surface area contributed by atoms with Gasteiger partial charge in [-0.15, -0.1) is 0 Å². The highest BCUT2D eigenvalue weighted by atomic mass is 19.1. The van der Waals surface area contributed by atoms with Gasteiger partial charge in [-0.3, -0.25) is 4.90 Å². The Balaban J connectivity index is 1.29. The Morgan fingerprint density at radius 2 is 1.86 bits per heavy atom. The van der Waals surface area contributed by atoms with E-state index in [1.54, 1.807) is 12.3 Å². The fourth-order valence-electron chi connectivity index (χ4n) is 7.34. The summed E-state index contributed by atoms with van der Waals surface area (Å²) in [5.41, 5.74) is 7.50. The third-order valence-electron chi connectivity index (χ3n) is 10.2. The molecule has 1 aliphatic carbocycles. The maximum atomic E-state index is 17.2. The lowest BCUT2D eigenvalue weighted by Crippen LogP contribution is -2.41. The minimum Gasteiger partial charge on any atom is -0.508 e. The number of pyridine rings is 2. The van der Waals surface area contributed by atoms with Gasteiger partial charge in [-0.05, 0) is 66.8 Å². The van der Waals surface area contributed by atoms with Crippen LogP contribution < -0.4 is 20.1 Å². The first-order valence-corrected chi connectivity index (χ1v) is 17.1. The first-order valence-electron chi connectivity index (χ1n) is 17.1. The van der Waals surface area contributed by atoms with E-state index in [1.807, 2.05) is 30.9 Å². The van der Waals surface area contributed by atoms with E-state index in [0.29, 0.717) is 60.8 Å². The number of aromatic hydroxyl groups is 1. The molecular formula is C37H39F2N7O4. The van der Waals surface area contributed by atoms with Gasteiger partial charge in [-0.25, -0.2) is 18.7 Å². The predicted molar refractivity (Wildman–Crippen MR) is 186 cm³/mol. The highest BCUT2D eigenvalue weighted by Crippen LogP contribution is 2.48. The van der Waals surface area contributed by atoms with E-state index in [1.165, 1.54) is 18.2 Å². The van der Waals surface area contributed by atoms with Crippen LogP contribution in [-0.4, -0.2) is 82.5 Å². The molecule has 50 heavy (non-hydrogen) atoms. The van der Waals surface area contributed by atoms with Gasteiger partial charge in [0, 0.05) is 42.4 Å². The summed E-state index contributed by atoms with van der Waals surface area (Å²) in [5, 5.41) is 12.0. The molecule has 2 fully saturated rings. The number of phenolic OH excluding ortho intramolecular Hbond substituents is 1. The molecule has 1 atom stereocenters. The van der Waals surface area contributed by atoms with Crippen LogP contribution in [-0.2, 0) is 11.2 Å². The zero-order chi connectivity index (χ0) is 34.6. The van der Waals surface area contributed by atoms with Gasteiger partial charge in [0.25, 0.3) is 0 Å². The molecule has 3 aliphatic rings. The summed E-state index contributed by atoms with van der Waals surface area (Å²) in [5.74, 6) is -0.392. The number of aryl methyl sites for hydroxylation is 1. The lowest BCUT2D eigenvalue weighted by Gasteiger charge is -2.31. The van der Waals surface area contributed by atoms with Crippen molar-refractivity contribution in [3.8, 4) is 28.9 Å². The minimum atomic E-state index is -0.760. The number of rotatable bonds is 9. The lowest BCUT2D eigenvalue weighted by atomic mass is 9.94. The number of anilines is 2. The minimum absolute atomic E-state index is 0.0297. The number of phenols is 1. The summed E-state index contributed by atoms with van der Waals surface area (Å²) < 4.78 is 50.4. The van der Waals surface area contributed by atoms with E-state index < -0.39 is 11.6 Å². The van der Waals surface area contributed by atoms with Crippen LogP contribution in [0, 0.1) is 17.0 Å². The van der Waals surface area contributed by atoms with Crippen LogP contribution in [0.3, 0.4) is 0 Å². The first kappa shape index (κ1) is 32.3. The summed E-state index contributed by atoms with van der Waals surface area (Å²) in [4.78, 5) is 22.9. The van der Waals surface area contributed by atoms with Gasteiger partial charge in [-0.1, -0.05) is 19.1 Å². The van der Waals surface area contributed by atoms with Crippen molar-refractivity contribution in [1.82, 2.24) is 24.8 Å². The van der Waals surface area contributed by atoms with Crippen molar-refractivity contribution in [3.05, 3.63) is 65.4 Å². The average molecular weight is 684 g/mol. The third kappa shape index (κ3) is 5.77. The number of halogens is 2. The van der Waals surface area contributed by atoms with Crippen molar-refractivity contribution in [2.75, 3.05) is 63.2 Å². The standard InChI is InChI=1S/C37H39F2N7O4/c1-3-24-27(38)7-6-22-17-23(47)18-26(28(22)24)31-30(39)32-29-34(44-36(43-32)50-20-37(8-9-37)19-45-11-14-48-15-12-45)46(13-16-49-35(29)42-31)21(2)25-5-4-10-41-33(25)40/h4-7,10,17-18,21,47H,3,8-9,11-16,19-20H2,1-2H3,(H2,40,41). The van der Waals surface area contributed by atoms with Crippen molar-refractivity contribution in [2.45, 2.75) is 39.2 Å². The summed E-state index contributed by atoms with van der Waals surface area (Å²) >= 11 is 0. The summed E-state index contributed by atoms with van der Waals surface area (Å²) in [6.45, 7) is 8.80. The Kier molecular flexibility index (Phi) is 8.26. The summed E-state index contributed by atoms with van der Waals surface area (Å²) in [7, 11) is 0. The number of hydrogen-bond donors (Lipinski definition) is 2. The van der Waals surface area contributed by atoms with Crippen LogP contribution in [0.2, 0.25) is 0 Å². The number of fused-ring (bicyclic) bond motifs is 1. The number of nitrogens with zero attached hydrogens (tertiary/aromatic N) is 6. The fourth-order valence-corrected chi connectivity index (χ4v) is 7.34. The van der Waals surface area contributed by atoms with Gasteiger partial charge in [0.15, 0.2) is 5.82 Å². The van der Waals surface area contributed by atoms with Crippen molar-refractivity contribution in [3.63, 3.8) is 0 Å². The Labute approximate surface area is 288 Å². The van der Waals surface area contributed by atoms with E-state index in [4.69, 9.17) is 29.9 Å². The van der Waals surface area contributed by atoms with Crippen molar-refractivity contribution in [2.24, 2.45) is 5.41 Å². The SMILES string of the molecule is CCc1c(F)ccc2cc(O)cc(-c3nc4c5c(nc(OCC6(CN7CCOCC7)CC6)nc5c3F)N(C(C)c3cccnc3N)CCO4)c12. The monoisotopic (exact) mass is 683 g/mol. The molecule has 260 valence electrons. The average Bonchev–Trinajstić information content (AvgIpc) is 3.91. The first-order chi connectivity index (χ1) is 24.2. The number of nitrogens with two attached hydrogens (primary N) is 1. The molecule has 5 heterocycles. The van der Waals surface area contributed by atoms with Gasteiger partial charge >= 0.3 is 6.01 Å². The van der Waals surface area contributed by atoms with Crippen molar-refractivity contribution >= 4 is 33.3 Å². The second-order valence-electron chi connectivity index (χ2n) is 13.5. The van der Waals surface area contributed by atoms with Gasteiger partial charge in [0.2, 0.25) is 5.88 Å². The second-order valence-corrected chi connectivity index (χ2v) is 13.5. The van der Waals surface area contributed by atoms with Crippen LogP contribution in [0.25, 0.3) is 32.9 Å². The highest BCUT2D eigenvalue weighted by Gasteiger charge is 2.45. The Hall–Kier alpha value is -4.88. The number of aromatic nitrogens is 4. The molecule has 13 heteroatoms. The number of morpholine rings is 1. The zero-order valence-corrected chi connectivity index (χ0v) is 28.1. The molecule has 0 spiro atoms. The quantitative estimate of drug-likeness (QED) is 0.195. The lowest BCUT2D eigenvalue weighted by molar-refractivity contribution is 0.0231. The molecule has 3 N–H and O–H groups in total. The molecule has 1 saturated carbocycles. The van der Waals surface area contributed by atoms with E-state index in [9.17, 15) is 5.11 Å². The third-order valence-corrected chi connectivity index (χ3v) is 10.2. The number of benzene rings is 2. The largest absolute Gasteiger partial charge is 0.508 e. The zero-order valence-electron chi connectivity index (χ0n) is 28.1. The van der Waals surface area contributed by atoms with Crippen molar-refractivity contribution < 1.29 is 28.1 Å². The van der Waals surface area contributed by atoms with Crippen LogP contribution in [0.15, 0.2) is 42.6 Å². The Bertz CT molecular complexity index is 2110. The van der Waals surface area contributed by atoms with Gasteiger partial charge in [0.05, 0.1) is 32.4 Å². The van der Waals surface area contributed by atoms with Crippen LogP contribution >= 0.6 is 0 Å². The normalized spacial score (nSPS) is 17.8. The highest BCUT2D eigenvalue weighted by molar-refractivity contribution is 6.03. The number of hydrogen-bond acceptors (Lipinski definition) is 11. The molecule has 0 amide bonds. The van der Waals surface area contributed by atoms with E-state index in [-0.39, 0.29) is 57.9 Å². The summed E-state index contributed by atoms with van der Waals surface area (Å²) in [6, 6.07) is 9.28. The van der Waals surface area contributed by atoms with Gasteiger partial charge in [0.1, 0.15) is 46.4 Å². The number of ether oxygens (including phenoxy) is 3. The topological polar surface area (TPSA) is 132 Å². The van der Waals surface area contributed by atoms with Gasteiger partial charge in [-0.2, -0.15) is 9.97 Å². The van der Waals surface area contributed by atoms with Crippen LogP contribution in [0.5, 0.6) is 17.6 Å². The summed E-state index contributed by atoms with van der Waals surface area (Å²) in [6.07, 6.45) is 4.00. The van der Waals surface area contributed by atoms with Crippen molar-refractivity contribution in [1.29, 1.82) is 0 Å². The molecule has 5 aromatic rings. The molecule has 1 unspecified atom stereocenters. The predicted octanol–water partition coefficient (Wildman–Crippen LogP) is 5.82. The molecule has 0 radical (unpaired) electrons. The Morgan fingerprint density at radius 1 is 1.04 bits per heavy atom. The smallest absolute Gasteiger partial charge is 0.319 e. The second kappa shape index (κ2) is 12.8. The molecular weight excluding hydrogens is 644 g/mol. The molecule has 2 aliphatic heterocycles. The van der Waals surface area contributed by atoms with Crippen LogP contribution in [0.4, 0.5) is 20.4 Å². The maximum absolute atomic E-state index is 17.2. The molecule has 0 bridgehead atoms. The van der Waals surface area contributed by atoms with Crippen LogP contribution in [0.1, 0.15) is 43.9 Å². The molecule has 8 rings (SSSR count). The molecule has 11 nitrogen and oxygen atoms in total.